The molecule has 1 N–H and O–H groups in total. The molecule has 0 amide bonds. The number of halogens is 1. The maximum Gasteiger partial charge on any atom is 0.188 e. The molecule has 0 unspecified atom stereocenters. The van der Waals surface area contributed by atoms with Gasteiger partial charge in [0.1, 0.15) is 5.75 Å². The number of anilines is 2. The average Bonchev–Trinajstić information content (AvgIpc) is 2.82. The summed E-state index contributed by atoms with van der Waals surface area (Å²) < 4.78 is 7.82. The van der Waals surface area contributed by atoms with Gasteiger partial charge in [-0.1, -0.05) is 39.4 Å². The molecule has 5 heteroatoms. The number of para-hydroxylation sites is 2. The van der Waals surface area contributed by atoms with E-state index in [2.05, 4.69) is 32.3 Å². The van der Waals surface area contributed by atoms with Crippen LogP contribution in [0.25, 0.3) is 10.2 Å². The number of nitrogens with one attached hydrogen (secondary N) is 1. The van der Waals surface area contributed by atoms with E-state index < -0.39 is 0 Å². The lowest BCUT2D eigenvalue weighted by Gasteiger charge is -2.09. The van der Waals surface area contributed by atoms with Gasteiger partial charge in [0, 0.05) is 4.47 Å². The molecule has 1 heterocycles. The average molecular weight is 349 g/mol. The zero-order valence-electron chi connectivity index (χ0n) is 10.9. The lowest BCUT2D eigenvalue weighted by molar-refractivity contribution is 0.342. The van der Waals surface area contributed by atoms with E-state index in [4.69, 9.17) is 4.74 Å². The highest BCUT2D eigenvalue weighted by atomic mass is 79.9. The molecule has 3 rings (SSSR count). The van der Waals surface area contributed by atoms with Crippen molar-refractivity contribution in [2.24, 2.45) is 0 Å². The number of benzene rings is 2. The Morgan fingerprint density at radius 1 is 1.25 bits per heavy atom. The molecule has 0 saturated carbocycles. The molecule has 0 saturated heterocycles. The molecule has 0 fully saturated rings. The number of hydrogen-bond donors (Lipinski definition) is 1. The molecule has 3 nitrogen and oxygen atoms in total. The summed E-state index contributed by atoms with van der Waals surface area (Å²) in [5, 5.41) is 4.20. The van der Waals surface area contributed by atoms with Crippen LogP contribution in [-0.4, -0.2) is 11.6 Å². The van der Waals surface area contributed by atoms with Crippen LogP contribution in [0, 0.1) is 0 Å². The topological polar surface area (TPSA) is 34.1 Å². The molecular formula is C15H13BrN2OS. The van der Waals surface area contributed by atoms with Gasteiger partial charge >= 0.3 is 0 Å². The van der Waals surface area contributed by atoms with Crippen LogP contribution in [0.2, 0.25) is 0 Å². The second-order valence-corrected chi connectivity index (χ2v) is 6.13. The fourth-order valence-electron chi connectivity index (χ4n) is 1.92. The summed E-state index contributed by atoms with van der Waals surface area (Å²) in [5.41, 5.74) is 1.93. The highest BCUT2D eigenvalue weighted by Gasteiger charge is 2.07. The van der Waals surface area contributed by atoms with Gasteiger partial charge in [-0.25, -0.2) is 4.98 Å². The lowest BCUT2D eigenvalue weighted by Crippen LogP contribution is -1.97. The number of rotatable bonds is 4. The lowest BCUT2D eigenvalue weighted by atomic mass is 10.3. The third kappa shape index (κ3) is 2.78. The van der Waals surface area contributed by atoms with Crippen LogP contribution in [0.1, 0.15) is 6.92 Å². The van der Waals surface area contributed by atoms with Crippen molar-refractivity contribution in [2.75, 3.05) is 11.9 Å². The molecule has 3 aromatic rings. The smallest absolute Gasteiger partial charge is 0.188 e. The van der Waals surface area contributed by atoms with E-state index in [0.29, 0.717) is 6.61 Å². The molecule has 0 aliphatic heterocycles. The third-order valence-electron chi connectivity index (χ3n) is 2.78. The van der Waals surface area contributed by atoms with Crippen molar-refractivity contribution in [1.82, 2.24) is 4.98 Å². The quantitative estimate of drug-likeness (QED) is 0.703. The summed E-state index contributed by atoms with van der Waals surface area (Å²) >= 11 is 5.10. The van der Waals surface area contributed by atoms with E-state index in [-0.39, 0.29) is 0 Å². The van der Waals surface area contributed by atoms with E-state index in [9.17, 15) is 0 Å². The third-order valence-corrected chi connectivity index (χ3v) is 4.21. The molecule has 0 atom stereocenters. The molecule has 20 heavy (non-hydrogen) atoms. The first-order valence-electron chi connectivity index (χ1n) is 6.31. The van der Waals surface area contributed by atoms with E-state index in [1.54, 1.807) is 11.3 Å². The largest absolute Gasteiger partial charge is 0.492 e. The van der Waals surface area contributed by atoms with Crippen molar-refractivity contribution >= 4 is 48.3 Å². The van der Waals surface area contributed by atoms with Gasteiger partial charge in [-0.05, 0) is 37.3 Å². The Balaban J connectivity index is 1.93. The van der Waals surface area contributed by atoms with Crippen LogP contribution in [0.5, 0.6) is 5.75 Å². The minimum absolute atomic E-state index is 0.644. The number of thiazole rings is 1. The highest BCUT2D eigenvalue weighted by molar-refractivity contribution is 9.10. The fourth-order valence-corrected chi connectivity index (χ4v) is 3.35. The maximum absolute atomic E-state index is 5.61. The van der Waals surface area contributed by atoms with Gasteiger partial charge in [0.05, 0.1) is 22.5 Å². The van der Waals surface area contributed by atoms with Crippen molar-refractivity contribution < 1.29 is 4.74 Å². The monoisotopic (exact) mass is 348 g/mol. The summed E-state index contributed by atoms with van der Waals surface area (Å²) in [6.45, 7) is 2.62. The predicted molar refractivity (Wildman–Crippen MR) is 88.2 cm³/mol. The van der Waals surface area contributed by atoms with Crippen LogP contribution in [0.15, 0.2) is 46.9 Å². The Morgan fingerprint density at radius 2 is 2.10 bits per heavy atom. The van der Waals surface area contributed by atoms with E-state index in [1.807, 2.05) is 43.3 Å². The normalized spacial score (nSPS) is 10.7. The Kier molecular flexibility index (Phi) is 3.89. The molecular weight excluding hydrogens is 336 g/mol. The highest BCUT2D eigenvalue weighted by Crippen LogP contribution is 2.33. The zero-order valence-corrected chi connectivity index (χ0v) is 13.3. The Labute approximate surface area is 129 Å². The SMILES string of the molecule is CCOc1ccccc1Nc1nc2ccc(Br)cc2s1. The first-order chi connectivity index (χ1) is 9.76. The van der Waals surface area contributed by atoms with E-state index >= 15 is 0 Å². The Bertz CT molecular complexity index is 742. The maximum atomic E-state index is 5.61. The first-order valence-corrected chi connectivity index (χ1v) is 7.92. The van der Waals surface area contributed by atoms with Gasteiger partial charge in [0.2, 0.25) is 0 Å². The van der Waals surface area contributed by atoms with Crippen molar-refractivity contribution in [2.45, 2.75) is 6.92 Å². The summed E-state index contributed by atoms with van der Waals surface area (Å²) in [5.74, 6) is 0.843. The molecule has 0 aliphatic carbocycles. The summed E-state index contributed by atoms with van der Waals surface area (Å²) in [4.78, 5) is 4.58. The number of fused-ring (bicyclic) bond motifs is 1. The van der Waals surface area contributed by atoms with Crippen LogP contribution >= 0.6 is 27.3 Å². The van der Waals surface area contributed by atoms with Gasteiger partial charge < -0.3 is 10.1 Å². The molecule has 0 spiro atoms. The molecule has 0 aliphatic rings. The minimum Gasteiger partial charge on any atom is -0.492 e. The van der Waals surface area contributed by atoms with Crippen LogP contribution in [0.4, 0.5) is 10.8 Å². The van der Waals surface area contributed by atoms with Crippen molar-refractivity contribution in [3.8, 4) is 5.75 Å². The Hall–Kier alpha value is -1.59. The Morgan fingerprint density at radius 3 is 2.95 bits per heavy atom. The summed E-state index contributed by atoms with van der Waals surface area (Å²) in [7, 11) is 0. The van der Waals surface area contributed by atoms with Crippen LogP contribution < -0.4 is 10.1 Å². The van der Waals surface area contributed by atoms with Crippen LogP contribution in [0.3, 0.4) is 0 Å². The second kappa shape index (κ2) is 5.81. The summed E-state index contributed by atoms with van der Waals surface area (Å²) in [6.07, 6.45) is 0. The van der Waals surface area contributed by atoms with Gasteiger partial charge in [-0.2, -0.15) is 0 Å². The zero-order chi connectivity index (χ0) is 13.9. The second-order valence-electron chi connectivity index (χ2n) is 4.19. The molecule has 102 valence electrons. The van der Waals surface area contributed by atoms with Crippen molar-refractivity contribution in [3.05, 3.63) is 46.9 Å². The number of nitrogens with zero attached hydrogens (tertiary/aromatic N) is 1. The standard InChI is InChI=1S/C15H13BrN2OS/c1-2-19-13-6-4-3-5-11(13)17-15-18-12-8-7-10(16)9-14(12)20-15/h3-9H,2H2,1H3,(H,17,18). The number of aromatic nitrogens is 1. The molecule has 1 aromatic heterocycles. The van der Waals surface area contributed by atoms with Gasteiger partial charge in [-0.3, -0.25) is 0 Å². The van der Waals surface area contributed by atoms with Gasteiger partial charge in [0.15, 0.2) is 5.13 Å². The number of hydrogen-bond acceptors (Lipinski definition) is 4. The van der Waals surface area contributed by atoms with E-state index in [0.717, 1.165) is 31.3 Å². The fraction of sp³-hybridized carbons (Fsp3) is 0.133. The van der Waals surface area contributed by atoms with Gasteiger partial charge in [-0.15, -0.1) is 0 Å². The van der Waals surface area contributed by atoms with Gasteiger partial charge in [0.25, 0.3) is 0 Å². The minimum atomic E-state index is 0.644. The van der Waals surface area contributed by atoms with Crippen molar-refractivity contribution in [1.29, 1.82) is 0 Å². The number of ether oxygens (including phenoxy) is 1. The van der Waals surface area contributed by atoms with Crippen molar-refractivity contribution in [3.63, 3.8) is 0 Å². The first kappa shape index (κ1) is 13.4. The summed E-state index contributed by atoms with van der Waals surface area (Å²) in [6, 6.07) is 14.0. The molecule has 0 bridgehead atoms. The van der Waals surface area contributed by atoms with E-state index in [1.165, 1.54) is 0 Å². The predicted octanol–water partition coefficient (Wildman–Crippen LogP) is 5.20. The molecule has 0 radical (unpaired) electrons. The molecule has 2 aromatic carbocycles. The van der Waals surface area contributed by atoms with Crippen LogP contribution in [-0.2, 0) is 0 Å².